The van der Waals surface area contributed by atoms with Crippen molar-refractivity contribution in [2.45, 2.75) is 44.7 Å². The first-order valence-electron chi connectivity index (χ1n) is 5.56. The number of rotatable bonds is 0. The van der Waals surface area contributed by atoms with Crippen molar-refractivity contribution in [1.82, 2.24) is 0 Å². The largest absolute Gasteiger partial charge is 0.344 e. The lowest BCUT2D eigenvalue weighted by atomic mass is 9.88. The molecule has 2 nitrogen and oxygen atoms in total. The van der Waals surface area contributed by atoms with Crippen LogP contribution in [0, 0.1) is 0 Å². The second kappa shape index (κ2) is 3.06. The van der Waals surface area contributed by atoms with Gasteiger partial charge in [0.25, 0.3) is 0 Å². The summed E-state index contributed by atoms with van der Waals surface area (Å²) in [6.07, 6.45) is 2.47. The molecule has 0 aromatic heterocycles. The van der Waals surface area contributed by atoms with E-state index >= 15 is 0 Å². The summed E-state index contributed by atoms with van der Waals surface area (Å²) in [5.41, 5.74) is 2.83. The topological polar surface area (TPSA) is 18.5 Å². The van der Waals surface area contributed by atoms with Gasteiger partial charge in [0.15, 0.2) is 5.79 Å². The number of benzene rings is 1. The molecule has 1 aromatic carbocycles. The van der Waals surface area contributed by atoms with Crippen LogP contribution in [0.3, 0.4) is 0 Å². The lowest BCUT2D eigenvalue weighted by Gasteiger charge is -2.24. The molecule has 2 heteroatoms. The van der Waals surface area contributed by atoms with Crippen LogP contribution in [0.25, 0.3) is 0 Å². The molecule has 0 amide bonds. The molecule has 0 spiro atoms. The van der Waals surface area contributed by atoms with Crippen LogP contribution in [0.2, 0.25) is 0 Å². The standard InChI is InChI=1S/C13H16O2/c1-13(2)14-11-7-9-5-3-4-6-10(9)8-12(11)15-13/h3-6,11-12H,7-8H2,1-2H3. The van der Waals surface area contributed by atoms with Crippen LogP contribution in [-0.2, 0) is 22.3 Å². The normalized spacial score (nSPS) is 32.1. The van der Waals surface area contributed by atoms with Gasteiger partial charge in [0.2, 0.25) is 0 Å². The van der Waals surface area contributed by atoms with Gasteiger partial charge in [-0.3, -0.25) is 0 Å². The zero-order valence-corrected chi connectivity index (χ0v) is 9.19. The Bertz CT molecular complexity index is 349. The van der Waals surface area contributed by atoms with Crippen LogP contribution < -0.4 is 0 Å². The van der Waals surface area contributed by atoms with Crippen molar-refractivity contribution >= 4 is 0 Å². The summed E-state index contributed by atoms with van der Waals surface area (Å²) in [5.74, 6) is -0.405. The molecule has 2 atom stereocenters. The number of hydrogen-bond acceptors (Lipinski definition) is 2. The zero-order chi connectivity index (χ0) is 10.5. The van der Waals surface area contributed by atoms with E-state index in [0.717, 1.165) is 12.8 Å². The van der Waals surface area contributed by atoms with Crippen molar-refractivity contribution in [3.05, 3.63) is 35.4 Å². The predicted molar refractivity (Wildman–Crippen MR) is 57.7 cm³/mol. The Kier molecular flexibility index (Phi) is 1.91. The molecule has 1 saturated heterocycles. The van der Waals surface area contributed by atoms with Crippen LogP contribution in [0.1, 0.15) is 25.0 Å². The van der Waals surface area contributed by atoms with Crippen molar-refractivity contribution in [3.8, 4) is 0 Å². The Morgan fingerprint density at radius 2 is 1.47 bits per heavy atom. The number of hydrogen-bond donors (Lipinski definition) is 0. The van der Waals surface area contributed by atoms with Gasteiger partial charge in [-0.25, -0.2) is 0 Å². The maximum absolute atomic E-state index is 5.89. The fraction of sp³-hybridized carbons (Fsp3) is 0.538. The Morgan fingerprint density at radius 1 is 1.00 bits per heavy atom. The first kappa shape index (κ1) is 9.37. The van der Waals surface area contributed by atoms with E-state index in [1.807, 2.05) is 13.8 Å². The first-order chi connectivity index (χ1) is 7.14. The monoisotopic (exact) mass is 204 g/mol. The fourth-order valence-electron chi connectivity index (χ4n) is 2.64. The van der Waals surface area contributed by atoms with E-state index in [9.17, 15) is 0 Å². The highest BCUT2D eigenvalue weighted by molar-refractivity contribution is 5.31. The van der Waals surface area contributed by atoms with E-state index in [4.69, 9.17) is 9.47 Å². The second-order valence-corrected chi connectivity index (χ2v) is 4.89. The Labute approximate surface area is 90.2 Å². The van der Waals surface area contributed by atoms with Crippen molar-refractivity contribution in [3.63, 3.8) is 0 Å². The van der Waals surface area contributed by atoms with Crippen LogP contribution in [0.4, 0.5) is 0 Å². The molecule has 2 unspecified atom stereocenters. The number of fused-ring (bicyclic) bond motifs is 2. The molecule has 0 saturated carbocycles. The van der Waals surface area contributed by atoms with Crippen LogP contribution in [-0.4, -0.2) is 18.0 Å². The molecule has 0 bridgehead atoms. The number of ether oxygens (including phenoxy) is 2. The van der Waals surface area contributed by atoms with Gasteiger partial charge in [0, 0.05) is 12.8 Å². The molecule has 0 radical (unpaired) electrons. The summed E-state index contributed by atoms with van der Waals surface area (Å²) in [4.78, 5) is 0. The lowest BCUT2D eigenvalue weighted by Crippen LogP contribution is -2.31. The van der Waals surface area contributed by atoms with Gasteiger partial charge >= 0.3 is 0 Å². The molecule has 1 heterocycles. The average molecular weight is 204 g/mol. The molecular formula is C13H16O2. The third-order valence-electron chi connectivity index (χ3n) is 3.25. The summed E-state index contributed by atoms with van der Waals surface area (Å²) >= 11 is 0. The Hall–Kier alpha value is -0.860. The second-order valence-electron chi connectivity index (χ2n) is 4.89. The molecule has 1 aliphatic heterocycles. The van der Waals surface area contributed by atoms with Gasteiger partial charge in [-0.05, 0) is 25.0 Å². The van der Waals surface area contributed by atoms with Crippen LogP contribution in [0.15, 0.2) is 24.3 Å². The van der Waals surface area contributed by atoms with Crippen molar-refractivity contribution in [2.24, 2.45) is 0 Å². The first-order valence-corrected chi connectivity index (χ1v) is 5.56. The molecular weight excluding hydrogens is 188 g/mol. The lowest BCUT2D eigenvalue weighted by molar-refractivity contribution is -0.145. The molecule has 2 aliphatic rings. The minimum atomic E-state index is -0.405. The van der Waals surface area contributed by atoms with Crippen molar-refractivity contribution in [2.75, 3.05) is 0 Å². The van der Waals surface area contributed by atoms with Gasteiger partial charge in [-0.2, -0.15) is 0 Å². The molecule has 1 aliphatic carbocycles. The van der Waals surface area contributed by atoms with Crippen molar-refractivity contribution < 1.29 is 9.47 Å². The Balaban J connectivity index is 1.90. The molecule has 0 N–H and O–H groups in total. The molecule has 80 valence electrons. The van der Waals surface area contributed by atoms with E-state index < -0.39 is 5.79 Å². The van der Waals surface area contributed by atoms with Gasteiger partial charge in [0.1, 0.15) is 0 Å². The maximum atomic E-state index is 5.89. The van der Waals surface area contributed by atoms with Gasteiger partial charge in [-0.15, -0.1) is 0 Å². The molecule has 1 aromatic rings. The maximum Gasteiger partial charge on any atom is 0.163 e. The zero-order valence-electron chi connectivity index (χ0n) is 9.19. The third-order valence-corrected chi connectivity index (χ3v) is 3.25. The van der Waals surface area contributed by atoms with Crippen LogP contribution >= 0.6 is 0 Å². The van der Waals surface area contributed by atoms with Crippen molar-refractivity contribution in [1.29, 1.82) is 0 Å². The van der Waals surface area contributed by atoms with Crippen LogP contribution in [0.5, 0.6) is 0 Å². The summed E-state index contributed by atoms with van der Waals surface area (Å²) in [7, 11) is 0. The fourth-order valence-corrected chi connectivity index (χ4v) is 2.64. The molecule has 1 fully saturated rings. The minimum absolute atomic E-state index is 0.245. The van der Waals surface area contributed by atoms with E-state index in [1.54, 1.807) is 0 Å². The van der Waals surface area contributed by atoms with Gasteiger partial charge in [-0.1, -0.05) is 24.3 Å². The summed E-state index contributed by atoms with van der Waals surface area (Å²) in [5, 5.41) is 0. The average Bonchev–Trinajstić information content (AvgIpc) is 2.46. The molecule has 3 rings (SSSR count). The summed E-state index contributed by atoms with van der Waals surface area (Å²) in [6, 6.07) is 8.58. The highest BCUT2D eigenvalue weighted by Crippen LogP contribution is 2.35. The quantitative estimate of drug-likeness (QED) is 0.645. The van der Waals surface area contributed by atoms with E-state index in [1.165, 1.54) is 11.1 Å². The Morgan fingerprint density at radius 3 is 1.93 bits per heavy atom. The highest BCUT2D eigenvalue weighted by atomic mass is 16.7. The van der Waals surface area contributed by atoms with Gasteiger partial charge < -0.3 is 9.47 Å². The predicted octanol–water partition coefficient (Wildman–Crippen LogP) is 2.31. The summed E-state index contributed by atoms with van der Waals surface area (Å²) in [6.45, 7) is 3.99. The minimum Gasteiger partial charge on any atom is -0.344 e. The van der Waals surface area contributed by atoms with E-state index in [0.29, 0.717) is 0 Å². The van der Waals surface area contributed by atoms with Gasteiger partial charge in [0.05, 0.1) is 12.2 Å². The van der Waals surface area contributed by atoms with E-state index in [2.05, 4.69) is 24.3 Å². The van der Waals surface area contributed by atoms with E-state index in [-0.39, 0.29) is 12.2 Å². The molecule has 15 heavy (non-hydrogen) atoms. The highest BCUT2D eigenvalue weighted by Gasteiger charge is 2.43. The third kappa shape index (κ3) is 1.58. The smallest absolute Gasteiger partial charge is 0.163 e. The summed E-state index contributed by atoms with van der Waals surface area (Å²) < 4.78 is 11.8. The SMILES string of the molecule is CC1(C)OC2Cc3ccccc3CC2O1.